The van der Waals surface area contributed by atoms with Crippen LogP contribution in [0.4, 0.5) is 23.2 Å². The molecule has 0 spiro atoms. The number of halogens is 4. The van der Waals surface area contributed by atoms with E-state index in [0.29, 0.717) is 0 Å². The Bertz CT molecular complexity index is 313. The highest BCUT2D eigenvalue weighted by Crippen LogP contribution is 2.29. The van der Waals surface area contributed by atoms with Crippen molar-refractivity contribution >= 4 is 5.69 Å². The van der Waals surface area contributed by atoms with Crippen LogP contribution in [-0.2, 0) is 0 Å². The van der Waals surface area contributed by atoms with Crippen molar-refractivity contribution < 1.29 is 22.3 Å². The molecule has 0 saturated heterocycles. The number of alkyl halides is 4. The van der Waals surface area contributed by atoms with Crippen molar-refractivity contribution in [1.82, 2.24) is 0 Å². The zero-order chi connectivity index (χ0) is 11.3. The normalized spacial score (nSPS) is 11.2. The zero-order valence-corrected chi connectivity index (χ0v) is 7.64. The fourth-order valence-electron chi connectivity index (χ4n) is 1.01. The minimum Gasteiger partial charge on any atom is -0.404 e. The average molecular weight is 223 g/mol. The van der Waals surface area contributed by atoms with Crippen molar-refractivity contribution in [2.45, 2.75) is 6.36 Å². The molecule has 0 aromatic heterocycles. The van der Waals surface area contributed by atoms with Gasteiger partial charge in [-0.05, 0) is 12.1 Å². The van der Waals surface area contributed by atoms with Crippen LogP contribution in [0.15, 0.2) is 24.3 Å². The summed E-state index contributed by atoms with van der Waals surface area (Å²) in [6.45, 7) is -0.724. The second-order valence-electron chi connectivity index (χ2n) is 2.66. The average Bonchev–Trinajstić information content (AvgIpc) is 2.14. The molecule has 1 aromatic rings. The molecule has 0 heterocycles. The van der Waals surface area contributed by atoms with Crippen LogP contribution < -0.4 is 10.1 Å². The lowest BCUT2D eigenvalue weighted by molar-refractivity contribution is -0.274. The first-order chi connectivity index (χ1) is 7.03. The molecule has 1 rings (SSSR count). The Kier molecular flexibility index (Phi) is 3.76. The molecule has 0 saturated carbocycles. The molecule has 0 unspecified atom stereocenters. The number of ether oxygens (including phenoxy) is 1. The monoisotopic (exact) mass is 223 g/mol. The van der Waals surface area contributed by atoms with Gasteiger partial charge < -0.3 is 10.1 Å². The molecule has 0 aliphatic heterocycles. The van der Waals surface area contributed by atoms with E-state index in [1.807, 2.05) is 0 Å². The minimum absolute atomic E-state index is 0.0573. The number of hydrogen-bond acceptors (Lipinski definition) is 2. The highest BCUT2D eigenvalue weighted by atomic mass is 19.4. The summed E-state index contributed by atoms with van der Waals surface area (Å²) in [6.07, 6.45) is -4.74. The summed E-state index contributed by atoms with van der Waals surface area (Å²) < 4.78 is 51.3. The molecule has 2 nitrogen and oxygen atoms in total. The molecule has 0 fully saturated rings. The minimum atomic E-state index is -4.74. The van der Waals surface area contributed by atoms with E-state index in [1.165, 1.54) is 18.2 Å². The molecule has 0 bridgehead atoms. The van der Waals surface area contributed by atoms with Gasteiger partial charge in [0, 0.05) is 6.54 Å². The van der Waals surface area contributed by atoms with Crippen LogP contribution in [0.3, 0.4) is 0 Å². The van der Waals surface area contributed by atoms with E-state index >= 15 is 0 Å². The Balaban J connectivity index is 2.77. The van der Waals surface area contributed by atoms with Crippen LogP contribution in [0.2, 0.25) is 0 Å². The number of rotatable bonds is 4. The van der Waals surface area contributed by atoms with Gasteiger partial charge in [-0.15, -0.1) is 13.2 Å². The Labute approximate surface area is 83.9 Å². The SMILES string of the molecule is FCCNc1ccccc1OC(F)(F)F. The van der Waals surface area contributed by atoms with E-state index in [1.54, 1.807) is 0 Å². The van der Waals surface area contributed by atoms with E-state index in [-0.39, 0.29) is 18.0 Å². The maximum Gasteiger partial charge on any atom is 0.573 e. The Morgan fingerprint density at radius 2 is 1.87 bits per heavy atom. The summed E-state index contributed by atoms with van der Waals surface area (Å²) >= 11 is 0. The van der Waals surface area contributed by atoms with Gasteiger partial charge in [0.1, 0.15) is 6.67 Å². The summed E-state index contributed by atoms with van der Waals surface area (Å²) in [6, 6.07) is 5.48. The van der Waals surface area contributed by atoms with Crippen molar-refractivity contribution in [1.29, 1.82) is 0 Å². The predicted octanol–water partition coefficient (Wildman–Crippen LogP) is 2.97. The third kappa shape index (κ3) is 4.05. The fraction of sp³-hybridized carbons (Fsp3) is 0.333. The van der Waals surface area contributed by atoms with Crippen LogP contribution in [0.25, 0.3) is 0 Å². The lowest BCUT2D eigenvalue weighted by Gasteiger charge is -2.13. The quantitative estimate of drug-likeness (QED) is 0.792. The predicted molar refractivity (Wildman–Crippen MR) is 47.6 cm³/mol. The Morgan fingerprint density at radius 3 is 2.47 bits per heavy atom. The van der Waals surface area contributed by atoms with Gasteiger partial charge in [-0.1, -0.05) is 12.1 Å². The molecule has 0 radical (unpaired) electrons. The van der Waals surface area contributed by atoms with Gasteiger partial charge in [-0.2, -0.15) is 0 Å². The van der Waals surface area contributed by atoms with Crippen molar-refractivity contribution in [2.75, 3.05) is 18.5 Å². The van der Waals surface area contributed by atoms with E-state index in [9.17, 15) is 17.6 Å². The highest BCUT2D eigenvalue weighted by Gasteiger charge is 2.31. The number of para-hydroxylation sites is 2. The summed E-state index contributed by atoms with van der Waals surface area (Å²) in [7, 11) is 0. The Morgan fingerprint density at radius 1 is 1.20 bits per heavy atom. The van der Waals surface area contributed by atoms with Crippen LogP contribution in [-0.4, -0.2) is 19.6 Å². The standard InChI is InChI=1S/C9H9F4NO/c10-5-6-14-7-3-1-2-4-8(7)15-9(11,12)13/h1-4,14H,5-6H2. The smallest absolute Gasteiger partial charge is 0.404 e. The van der Waals surface area contributed by atoms with Gasteiger partial charge in [0.25, 0.3) is 0 Å². The highest BCUT2D eigenvalue weighted by molar-refractivity contribution is 5.56. The van der Waals surface area contributed by atoms with Crippen molar-refractivity contribution in [3.8, 4) is 5.75 Å². The largest absolute Gasteiger partial charge is 0.573 e. The number of nitrogens with one attached hydrogen (secondary N) is 1. The molecule has 6 heteroatoms. The van der Waals surface area contributed by atoms with Gasteiger partial charge in [0.05, 0.1) is 5.69 Å². The fourth-order valence-corrected chi connectivity index (χ4v) is 1.01. The summed E-state index contributed by atoms with van der Waals surface area (Å²) in [5.41, 5.74) is 0.118. The van der Waals surface area contributed by atoms with E-state index < -0.39 is 13.0 Å². The van der Waals surface area contributed by atoms with E-state index in [2.05, 4.69) is 10.1 Å². The lowest BCUT2D eigenvalue weighted by atomic mass is 10.3. The second kappa shape index (κ2) is 4.86. The van der Waals surface area contributed by atoms with Gasteiger partial charge in [0.2, 0.25) is 0 Å². The van der Waals surface area contributed by atoms with Gasteiger partial charge in [-0.25, -0.2) is 4.39 Å². The number of anilines is 1. The maximum atomic E-state index is 11.9. The van der Waals surface area contributed by atoms with Crippen LogP contribution in [0.1, 0.15) is 0 Å². The van der Waals surface area contributed by atoms with Crippen LogP contribution >= 0.6 is 0 Å². The molecule has 0 amide bonds. The molecule has 84 valence electrons. The maximum absolute atomic E-state index is 11.9. The van der Waals surface area contributed by atoms with Gasteiger partial charge in [-0.3, -0.25) is 0 Å². The first kappa shape index (κ1) is 11.6. The van der Waals surface area contributed by atoms with Gasteiger partial charge >= 0.3 is 6.36 Å². The van der Waals surface area contributed by atoms with Gasteiger partial charge in [0.15, 0.2) is 5.75 Å². The zero-order valence-electron chi connectivity index (χ0n) is 7.64. The van der Waals surface area contributed by atoms with Crippen molar-refractivity contribution in [3.63, 3.8) is 0 Å². The third-order valence-corrected chi connectivity index (χ3v) is 1.52. The molecular weight excluding hydrogens is 214 g/mol. The first-order valence-electron chi connectivity index (χ1n) is 4.17. The topological polar surface area (TPSA) is 21.3 Å². The van der Waals surface area contributed by atoms with E-state index in [4.69, 9.17) is 0 Å². The lowest BCUT2D eigenvalue weighted by Crippen LogP contribution is -2.18. The molecule has 1 aromatic carbocycles. The molecule has 0 atom stereocenters. The van der Waals surface area contributed by atoms with Crippen molar-refractivity contribution in [2.24, 2.45) is 0 Å². The summed E-state index contributed by atoms with van der Waals surface area (Å²) in [5, 5.41) is 2.49. The second-order valence-corrected chi connectivity index (χ2v) is 2.66. The third-order valence-electron chi connectivity index (χ3n) is 1.52. The molecular formula is C9H9F4NO. The van der Waals surface area contributed by atoms with E-state index in [0.717, 1.165) is 6.07 Å². The van der Waals surface area contributed by atoms with Crippen LogP contribution in [0, 0.1) is 0 Å². The first-order valence-corrected chi connectivity index (χ1v) is 4.17. The Hall–Kier alpha value is -1.46. The van der Waals surface area contributed by atoms with Crippen LogP contribution in [0.5, 0.6) is 5.75 Å². The van der Waals surface area contributed by atoms with Crippen molar-refractivity contribution in [3.05, 3.63) is 24.3 Å². The summed E-state index contributed by atoms with van der Waals surface area (Å²) in [4.78, 5) is 0. The molecule has 0 aliphatic carbocycles. The summed E-state index contributed by atoms with van der Waals surface area (Å²) in [5.74, 6) is -0.363. The number of hydrogen-bond donors (Lipinski definition) is 1. The molecule has 0 aliphatic rings. The molecule has 15 heavy (non-hydrogen) atoms. The molecule has 1 N–H and O–H groups in total. The number of benzene rings is 1.